The fraction of sp³-hybridized carbons (Fsp3) is 0.294. The summed E-state index contributed by atoms with van der Waals surface area (Å²) in [6.45, 7) is 1.40. The molecule has 1 amide bonds. The van der Waals surface area contributed by atoms with Crippen LogP contribution in [0.25, 0.3) is 10.8 Å². The summed E-state index contributed by atoms with van der Waals surface area (Å²) in [5.41, 5.74) is -0.180. The molecule has 0 spiro atoms. The summed E-state index contributed by atoms with van der Waals surface area (Å²) >= 11 is 0. The smallest absolute Gasteiger partial charge is 0.342 e. The molecular formula is C17H17NO6. The van der Waals surface area contributed by atoms with Gasteiger partial charge in [0, 0.05) is 23.9 Å². The second-order valence-corrected chi connectivity index (χ2v) is 5.41. The van der Waals surface area contributed by atoms with Crippen molar-refractivity contribution in [2.24, 2.45) is 0 Å². The van der Waals surface area contributed by atoms with Crippen LogP contribution in [0.3, 0.4) is 0 Å². The number of hydrogen-bond donors (Lipinski definition) is 2. The van der Waals surface area contributed by atoms with E-state index in [2.05, 4.69) is 0 Å². The van der Waals surface area contributed by atoms with Crippen molar-refractivity contribution in [1.29, 1.82) is 0 Å². The maximum Gasteiger partial charge on any atom is 0.342 e. The number of ether oxygens (including phenoxy) is 2. The van der Waals surface area contributed by atoms with E-state index in [4.69, 9.17) is 9.47 Å². The minimum Gasteiger partial charge on any atom is -0.507 e. The molecule has 1 aliphatic heterocycles. The molecule has 1 fully saturated rings. The fourth-order valence-corrected chi connectivity index (χ4v) is 2.61. The summed E-state index contributed by atoms with van der Waals surface area (Å²) in [4.78, 5) is 25.7. The molecule has 0 saturated carbocycles. The van der Waals surface area contributed by atoms with Crippen molar-refractivity contribution in [2.45, 2.75) is 0 Å². The van der Waals surface area contributed by atoms with Gasteiger partial charge in [-0.25, -0.2) is 4.79 Å². The third-order valence-corrected chi connectivity index (χ3v) is 3.90. The van der Waals surface area contributed by atoms with E-state index in [1.54, 1.807) is 29.2 Å². The van der Waals surface area contributed by atoms with Gasteiger partial charge < -0.3 is 24.6 Å². The Morgan fingerprint density at radius 1 is 1.12 bits per heavy atom. The Morgan fingerprint density at radius 3 is 2.50 bits per heavy atom. The molecule has 126 valence electrons. The number of benzene rings is 2. The van der Waals surface area contributed by atoms with Gasteiger partial charge in [0.1, 0.15) is 17.1 Å². The van der Waals surface area contributed by atoms with Crippen LogP contribution < -0.4 is 0 Å². The Labute approximate surface area is 138 Å². The van der Waals surface area contributed by atoms with Gasteiger partial charge in [0.25, 0.3) is 5.91 Å². The second kappa shape index (κ2) is 6.76. The lowest BCUT2D eigenvalue weighted by Gasteiger charge is -2.26. The molecule has 7 nitrogen and oxygen atoms in total. The van der Waals surface area contributed by atoms with Crippen molar-refractivity contribution in [3.63, 3.8) is 0 Å². The number of aromatic hydroxyl groups is 2. The minimum absolute atomic E-state index is 0.144. The minimum atomic E-state index is -0.866. The van der Waals surface area contributed by atoms with Crippen LogP contribution in [0, 0.1) is 0 Å². The number of morpholine rings is 1. The Hall–Kier alpha value is -2.80. The zero-order valence-electron chi connectivity index (χ0n) is 12.9. The lowest BCUT2D eigenvalue weighted by Crippen LogP contribution is -2.42. The molecule has 24 heavy (non-hydrogen) atoms. The fourth-order valence-electron chi connectivity index (χ4n) is 2.61. The molecule has 0 bridgehead atoms. The largest absolute Gasteiger partial charge is 0.507 e. The molecule has 1 aliphatic rings. The molecule has 3 rings (SSSR count). The van der Waals surface area contributed by atoms with Crippen molar-refractivity contribution in [1.82, 2.24) is 4.90 Å². The summed E-state index contributed by atoms with van der Waals surface area (Å²) in [5.74, 6) is -1.62. The molecule has 2 aromatic carbocycles. The van der Waals surface area contributed by atoms with Crippen molar-refractivity contribution >= 4 is 22.6 Å². The molecule has 2 N–H and O–H groups in total. The van der Waals surface area contributed by atoms with Crippen LogP contribution in [0.5, 0.6) is 11.5 Å². The van der Waals surface area contributed by atoms with E-state index in [0.717, 1.165) is 6.07 Å². The molecule has 0 radical (unpaired) electrons. The maximum absolute atomic E-state index is 12.2. The highest BCUT2D eigenvalue weighted by atomic mass is 16.5. The predicted octanol–water partition coefficient (Wildman–Crippen LogP) is 1.27. The highest BCUT2D eigenvalue weighted by Gasteiger charge is 2.21. The lowest BCUT2D eigenvalue weighted by atomic mass is 10.0. The Balaban J connectivity index is 1.74. The average Bonchev–Trinajstić information content (AvgIpc) is 2.63. The third-order valence-electron chi connectivity index (χ3n) is 3.90. The van der Waals surface area contributed by atoms with Gasteiger partial charge in [-0.3, -0.25) is 4.79 Å². The summed E-state index contributed by atoms with van der Waals surface area (Å²) in [5, 5.41) is 21.0. The van der Waals surface area contributed by atoms with Gasteiger partial charge in [-0.2, -0.15) is 0 Å². The maximum atomic E-state index is 12.2. The van der Waals surface area contributed by atoms with Crippen molar-refractivity contribution in [3.8, 4) is 11.5 Å². The summed E-state index contributed by atoms with van der Waals surface area (Å²) in [6.07, 6.45) is 0. The molecule has 0 aromatic heterocycles. The van der Waals surface area contributed by atoms with E-state index in [1.807, 2.05) is 0 Å². The average molecular weight is 331 g/mol. The van der Waals surface area contributed by atoms with E-state index in [0.29, 0.717) is 37.1 Å². The molecule has 1 heterocycles. The van der Waals surface area contributed by atoms with Crippen LogP contribution in [0.15, 0.2) is 30.3 Å². The van der Waals surface area contributed by atoms with Crippen LogP contribution in [-0.2, 0) is 14.3 Å². The quantitative estimate of drug-likeness (QED) is 0.649. The van der Waals surface area contributed by atoms with Gasteiger partial charge >= 0.3 is 5.97 Å². The lowest BCUT2D eigenvalue weighted by molar-refractivity contribution is -0.138. The summed E-state index contributed by atoms with van der Waals surface area (Å²) < 4.78 is 10.1. The molecular weight excluding hydrogens is 314 g/mol. The zero-order valence-corrected chi connectivity index (χ0v) is 12.9. The van der Waals surface area contributed by atoms with E-state index in [1.165, 1.54) is 0 Å². The van der Waals surface area contributed by atoms with Crippen LogP contribution in [0.1, 0.15) is 10.4 Å². The Bertz CT molecular complexity index is 782. The van der Waals surface area contributed by atoms with Crippen molar-refractivity contribution < 1.29 is 29.3 Å². The standard InChI is InChI=1S/C17H17NO6/c19-14-9-13(16(21)12-4-2-1-3-11(12)14)17(22)24-10-15(20)18-5-7-23-8-6-18/h1-4,9,19,21H,5-8,10H2. The first-order valence-electron chi connectivity index (χ1n) is 7.54. The van der Waals surface area contributed by atoms with Gasteiger partial charge in [-0.15, -0.1) is 0 Å². The van der Waals surface area contributed by atoms with Crippen molar-refractivity contribution in [3.05, 3.63) is 35.9 Å². The number of carbonyl (C=O) groups is 2. The number of esters is 1. The van der Waals surface area contributed by atoms with Gasteiger partial charge in [0.05, 0.1) is 13.2 Å². The monoisotopic (exact) mass is 331 g/mol. The number of phenols is 2. The van der Waals surface area contributed by atoms with E-state index in [9.17, 15) is 19.8 Å². The number of amides is 1. The first kappa shape index (κ1) is 16.1. The van der Waals surface area contributed by atoms with E-state index in [-0.39, 0.29) is 23.0 Å². The number of nitrogens with zero attached hydrogens (tertiary/aromatic N) is 1. The number of rotatable bonds is 3. The Kier molecular flexibility index (Phi) is 4.52. The zero-order chi connectivity index (χ0) is 17.1. The van der Waals surface area contributed by atoms with Crippen LogP contribution in [0.4, 0.5) is 0 Å². The van der Waals surface area contributed by atoms with E-state index >= 15 is 0 Å². The first-order chi connectivity index (χ1) is 11.6. The molecule has 1 saturated heterocycles. The first-order valence-corrected chi connectivity index (χ1v) is 7.54. The van der Waals surface area contributed by atoms with Crippen LogP contribution >= 0.6 is 0 Å². The molecule has 0 aliphatic carbocycles. The topological polar surface area (TPSA) is 96.3 Å². The second-order valence-electron chi connectivity index (χ2n) is 5.41. The van der Waals surface area contributed by atoms with E-state index < -0.39 is 12.6 Å². The number of hydrogen-bond acceptors (Lipinski definition) is 6. The number of carbonyl (C=O) groups excluding carboxylic acids is 2. The normalized spacial score (nSPS) is 14.6. The Morgan fingerprint density at radius 2 is 1.79 bits per heavy atom. The van der Waals surface area contributed by atoms with Gasteiger partial charge in [0.15, 0.2) is 6.61 Å². The highest BCUT2D eigenvalue weighted by molar-refractivity contribution is 6.04. The molecule has 0 unspecified atom stereocenters. The van der Waals surface area contributed by atoms with Crippen LogP contribution in [0.2, 0.25) is 0 Å². The van der Waals surface area contributed by atoms with Crippen molar-refractivity contribution in [2.75, 3.05) is 32.9 Å². The summed E-state index contributed by atoms with van der Waals surface area (Å²) in [7, 11) is 0. The predicted molar refractivity (Wildman–Crippen MR) is 85.0 cm³/mol. The third kappa shape index (κ3) is 3.11. The van der Waals surface area contributed by atoms with Crippen LogP contribution in [-0.4, -0.2) is 59.9 Å². The van der Waals surface area contributed by atoms with Gasteiger partial charge in [-0.1, -0.05) is 24.3 Å². The summed E-state index contributed by atoms with van der Waals surface area (Å²) in [6, 6.07) is 7.74. The molecule has 2 aromatic rings. The number of phenolic OH excluding ortho intramolecular Hbond substituents is 2. The molecule has 0 atom stereocenters. The SMILES string of the molecule is O=C(OCC(=O)N1CCOCC1)c1cc(O)c2ccccc2c1O. The highest BCUT2D eigenvalue weighted by Crippen LogP contribution is 2.35. The van der Waals surface area contributed by atoms with Gasteiger partial charge in [0.2, 0.25) is 0 Å². The molecule has 7 heteroatoms. The van der Waals surface area contributed by atoms with Gasteiger partial charge in [-0.05, 0) is 6.07 Å². The number of fused-ring (bicyclic) bond motifs is 1.